The Kier molecular flexibility index (Phi) is 6.96. The highest BCUT2D eigenvalue weighted by Crippen LogP contribution is 2.51. The Balaban J connectivity index is 1.02. The second kappa shape index (κ2) is 11.5. The van der Waals surface area contributed by atoms with E-state index < -0.39 is 0 Å². The first-order chi connectivity index (χ1) is 21.8. The maximum absolute atomic E-state index is 2.62. The monoisotopic (exact) mass is 568 g/mol. The predicted octanol–water partition coefficient (Wildman–Crippen LogP) is 11.7. The molecule has 8 rings (SSSR count). The molecule has 6 aromatic carbocycles. The molecule has 2 heteroatoms. The van der Waals surface area contributed by atoms with Crippen molar-refractivity contribution >= 4 is 28.4 Å². The second-order valence-corrected chi connectivity index (χ2v) is 12.1. The van der Waals surface area contributed by atoms with Gasteiger partial charge in [-0.2, -0.15) is 0 Å². The van der Waals surface area contributed by atoms with Gasteiger partial charge in [0.15, 0.2) is 0 Å². The summed E-state index contributed by atoms with van der Waals surface area (Å²) in [6.45, 7) is 0. The summed E-state index contributed by atoms with van der Waals surface area (Å²) in [5.41, 5.74) is 12.6. The predicted molar refractivity (Wildman–Crippen MR) is 186 cm³/mol. The van der Waals surface area contributed by atoms with Crippen LogP contribution in [0, 0.1) is 0 Å². The third kappa shape index (κ3) is 4.87. The van der Waals surface area contributed by atoms with Crippen molar-refractivity contribution < 1.29 is 0 Å². The zero-order chi connectivity index (χ0) is 29.3. The highest BCUT2D eigenvalue weighted by atomic mass is 15.2. The molecule has 0 spiro atoms. The molecule has 2 nitrogen and oxygen atoms in total. The summed E-state index contributed by atoms with van der Waals surface area (Å²) in [7, 11) is 0. The number of para-hydroxylation sites is 3. The van der Waals surface area contributed by atoms with Crippen LogP contribution >= 0.6 is 0 Å². The number of fused-ring (bicyclic) bond motifs is 3. The SMILES string of the molecule is c1ccc(N(c2ccccc2)c2ccc(-c3ccc(-c4ccc(N5c6ccccc6C6CCCCC65)cc4)cc3)cc2)cc1. The molecular weight excluding hydrogens is 532 g/mol. The van der Waals surface area contributed by atoms with E-state index in [0.717, 1.165) is 17.1 Å². The maximum atomic E-state index is 2.62. The molecule has 214 valence electrons. The van der Waals surface area contributed by atoms with Crippen molar-refractivity contribution in [1.82, 2.24) is 0 Å². The fourth-order valence-corrected chi connectivity index (χ4v) is 7.39. The van der Waals surface area contributed by atoms with Gasteiger partial charge in [0.25, 0.3) is 0 Å². The zero-order valence-electron chi connectivity index (χ0n) is 24.9. The molecule has 1 aliphatic heterocycles. The van der Waals surface area contributed by atoms with Crippen molar-refractivity contribution in [2.75, 3.05) is 9.80 Å². The molecule has 44 heavy (non-hydrogen) atoms. The lowest BCUT2D eigenvalue weighted by atomic mass is 9.82. The summed E-state index contributed by atoms with van der Waals surface area (Å²) < 4.78 is 0. The molecule has 0 aromatic heterocycles. The van der Waals surface area contributed by atoms with Crippen LogP contribution in [0.3, 0.4) is 0 Å². The highest BCUT2D eigenvalue weighted by Gasteiger charge is 2.40. The minimum absolute atomic E-state index is 0.588. The molecule has 1 saturated carbocycles. The van der Waals surface area contributed by atoms with E-state index in [9.17, 15) is 0 Å². The van der Waals surface area contributed by atoms with Crippen LogP contribution in [-0.2, 0) is 0 Å². The van der Waals surface area contributed by atoms with Gasteiger partial charge in [-0.05, 0) is 95.3 Å². The Bertz CT molecular complexity index is 1800. The van der Waals surface area contributed by atoms with Gasteiger partial charge in [-0.15, -0.1) is 0 Å². The van der Waals surface area contributed by atoms with Gasteiger partial charge < -0.3 is 9.80 Å². The van der Waals surface area contributed by atoms with Crippen LogP contribution < -0.4 is 9.80 Å². The van der Waals surface area contributed by atoms with Gasteiger partial charge in [0.05, 0.1) is 0 Å². The Morgan fingerprint density at radius 3 is 1.48 bits per heavy atom. The minimum atomic E-state index is 0.588. The number of nitrogens with zero attached hydrogens (tertiary/aromatic N) is 2. The highest BCUT2D eigenvalue weighted by molar-refractivity contribution is 5.79. The number of hydrogen-bond donors (Lipinski definition) is 0. The molecule has 0 N–H and O–H groups in total. The molecule has 1 heterocycles. The first-order valence-electron chi connectivity index (χ1n) is 15.9. The lowest BCUT2D eigenvalue weighted by Crippen LogP contribution is -2.32. The Hall–Kier alpha value is -5.08. The summed E-state index contributed by atoms with van der Waals surface area (Å²) in [6, 6.07) is 57.9. The normalized spacial score (nSPS) is 17.1. The van der Waals surface area contributed by atoms with E-state index in [1.165, 1.54) is 64.9 Å². The molecule has 0 bridgehead atoms. The Labute approximate surface area is 260 Å². The summed E-state index contributed by atoms with van der Waals surface area (Å²) in [6.07, 6.45) is 5.27. The fraction of sp³-hybridized carbons (Fsp3) is 0.143. The van der Waals surface area contributed by atoms with Gasteiger partial charge in [0, 0.05) is 40.4 Å². The topological polar surface area (TPSA) is 6.48 Å². The third-order valence-corrected chi connectivity index (χ3v) is 9.51. The molecular formula is C42H36N2. The summed E-state index contributed by atoms with van der Waals surface area (Å²) in [5, 5.41) is 0. The minimum Gasteiger partial charge on any atom is -0.338 e. The van der Waals surface area contributed by atoms with Gasteiger partial charge in [0.1, 0.15) is 0 Å². The van der Waals surface area contributed by atoms with Gasteiger partial charge in [-0.25, -0.2) is 0 Å². The molecule has 6 aromatic rings. The van der Waals surface area contributed by atoms with E-state index in [-0.39, 0.29) is 0 Å². The Morgan fingerprint density at radius 2 is 0.886 bits per heavy atom. The van der Waals surface area contributed by atoms with Crippen LogP contribution in [0.5, 0.6) is 0 Å². The molecule has 2 aliphatic rings. The van der Waals surface area contributed by atoms with Crippen molar-refractivity contribution in [3.05, 3.63) is 163 Å². The molecule has 1 fully saturated rings. The van der Waals surface area contributed by atoms with E-state index in [0.29, 0.717) is 12.0 Å². The second-order valence-electron chi connectivity index (χ2n) is 12.1. The van der Waals surface area contributed by atoms with Crippen LogP contribution in [0.2, 0.25) is 0 Å². The van der Waals surface area contributed by atoms with Crippen molar-refractivity contribution in [1.29, 1.82) is 0 Å². The molecule has 0 radical (unpaired) electrons. The zero-order valence-corrected chi connectivity index (χ0v) is 24.9. The molecule has 0 saturated heterocycles. The molecule has 1 aliphatic carbocycles. The van der Waals surface area contributed by atoms with Crippen LogP contribution in [0.25, 0.3) is 22.3 Å². The number of rotatable bonds is 6. The summed E-state index contributed by atoms with van der Waals surface area (Å²) >= 11 is 0. The molecule has 0 amide bonds. The van der Waals surface area contributed by atoms with E-state index in [1.807, 2.05) is 0 Å². The van der Waals surface area contributed by atoms with Crippen molar-refractivity contribution in [2.45, 2.75) is 37.6 Å². The van der Waals surface area contributed by atoms with Gasteiger partial charge in [0.2, 0.25) is 0 Å². The maximum Gasteiger partial charge on any atom is 0.0462 e. The number of benzene rings is 6. The van der Waals surface area contributed by atoms with Gasteiger partial charge in [-0.1, -0.05) is 116 Å². The van der Waals surface area contributed by atoms with E-state index >= 15 is 0 Å². The molecule has 2 unspecified atom stereocenters. The van der Waals surface area contributed by atoms with Gasteiger partial charge in [-0.3, -0.25) is 0 Å². The first kappa shape index (κ1) is 26.5. The standard InChI is InChI=1S/C42H36N2/c1-3-11-35(12-4-1)43(36-13-5-2-6-14-36)37-27-23-33(24-28-37)31-19-21-32(22-20-31)34-25-29-38(30-26-34)44-41-17-9-7-15-39(41)40-16-8-10-18-42(40)44/h1-7,9,11-15,17,19-30,40,42H,8,10,16,18H2. The van der Waals surface area contributed by atoms with Crippen molar-refractivity contribution in [2.24, 2.45) is 0 Å². The summed E-state index contributed by atoms with van der Waals surface area (Å²) in [4.78, 5) is 4.91. The lowest BCUT2D eigenvalue weighted by molar-refractivity contribution is 0.402. The largest absolute Gasteiger partial charge is 0.338 e. The summed E-state index contributed by atoms with van der Waals surface area (Å²) in [5.74, 6) is 0.668. The average molecular weight is 569 g/mol. The van der Waals surface area contributed by atoms with E-state index in [2.05, 4.69) is 168 Å². The number of anilines is 5. The van der Waals surface area contributed by atoms with E-state index in [1.54, 1.807) is 0 Å². The number of hydrogen-bond acceptors (Lipinski definition) is 2. The van der Waals surface area contributed by atoms with Crippen LogP contribution in [-0.4, -0.2) is 6.04 Å². The van der Waals surface area contributed by atoms with Gasteiger partial charge >= 0.3 is 0 Å². The van der Waals surface area contributed by atoms with Crippen LogP contribution in [0.4, 0.5) is 28.4 Å². The first-order valence-corrected chi connectivity index (χ1v) is 15.9. The van der Waals surface area contributed by atoms with Crippen molar-refractivity contribution in [3.63, 3.8) is 0 Å². The quantitative estimate of drug-likeness (QED) is 0.197. The smallest absolute Gasteiger partial charge is 0.0462 e. The average Bonchev–Trinajstić information content (AvgIpc) is 3.44. The molecule has 2 atom stereocenters. The van der Waals surface area contributed by atoms with E-state index in [4.69, 9.17) is 0 Å². The lowest BCUT2D eigenvalue weighted by Gasteiger charge is -2.33. The van der Waals surface area contributed by atoms with Crippen LogP contribution in [0.15, 0.2) is 158 Å². The third-order valence-electron chi connectivity index (χ3n) is 9.51. The fourth-order valence-electron chi connectivity index (χ4n) is 7.39. The van der Waals surface area contributed by atoms with Crippen molar-refractivity contribution in [3.8, 4) is 22.3 Å². The Morgan fingerprint density at radius 1 is 0.432 bits per heavy atom. The van der Waals surface area contributed by atoms with Crippen LogP contribution in [0.1, 0.15) is 37.2 Å².